The van der Waals surface area contributed by atoms with Gasteiger partial charge in [-0.05, 0) is 24.5 Å². The van der Waals surface area contributed by atoms with E-state index in [1.165, 1.54) is 0 Å². The third-order valence-electron chi connectivity index (χ3n) is 2.82. The second-order valence-electron chi connectivity index (χ2n) is 4.33. The van der Waals surface area contributed by atoms with Crippen molar-refractivity contribution in [3.63, 3.8) is 0 Å². The summed E-state index contributed by atoms with van der Waals surface area (Å²) in [5.74, 6) is 0.0105. The minimum Gasteiger partial charge on any atom is -0.392 e. The lowest BCUT2D eigenvalue weighted by molar-refractivity contribution is -0.123. The standard InChI is InChI=1S/C14H21NO3/c1-11(18-2)9-14(17)15-8-7-12-3-5-13(10-16)6-4-12/h3-6,11,16H,7-10H2,1-2H3,(H,15,17). The summed E-state index contributed by atoms with van der Waals surface area (Å²) in [5, 5.41) is 11.8. The predicted octanol–water partition coefficient (Wildman–Crippen LogP) is 1.26. The summed E-state index contributed by atoms with van der Waals surface area (Å²) in [6.07, 6.45) is 1.13. The lowest BCUT2D eigenvalue weighted by Crippen LogP contribution is -2.28. The van der Waals surface area contributed by atoms with Crippen molar-refractivity contribution < 1.29 is 14.6 Å². The van der Waals surface area contributed by atoms with E-state index in [4.69, 9.17) is 9.84 Å². The molecule has 0 saturated carbocycles. The number of benzene rings is 1. The summed E-state index contributed by atoms with van der Waals surface area (Å²) in [7, 11) is 1.60. The Balaban J connectivity index is 2.26. The number of ether oxygens (including phenoxy) is 1. The molecule has 0 bridgehead atoms. The highest BCUT2D eigenvalue weighted by Crippen LogP contribution is 2.04. The first-order valence-corrected chi connectivity index (χ1v) is 6.14. The van der Waals surface area contributed by atoms with E-state index in [2.05, 4.69) is 5.32 Å². The number of methoxy groups -OCH3 is 1. The van der Waals surface area contributed by atoms with Gasteiger partial charge in [0.25, 0.3) is 0 Å². The summed E-state index contributed by atoms with van der Waals surface area (Å²) in [5.41, 5.74) is 2.05. The molecule has 18 heavy (non-hydrogen) atoms. The quantitative estimate of drug-likeness (QED) is 0.767. The minimum atomic E-state index is -0.0474. The summed E-state index contributed by atoms with van der Waals surface area (Å²) >= 11 is 0. The lowest BCUT2D eigenvalue weighted by Gasteiger charge is -2.09. The van der Waals surface area contributed by atoms with E-state index in [1.807, 2.05) is 31.2 Å². The Hall–Kier alpha value is -1.39. The van der Waals surface area contributed by atoms with Crippen molar-refractivity contribution in [2.24, 2.45) is 0 Å². The largest absolute Gasteiger partial charge is 0.392 e. The molecule has 0 aromatic heterocycles. The van der Waals surface area contributed by atoms with Crippen molar-refractivity contribution in [2.75, 3.05) is 13.7 Å². The van der Waals surface area contributed by atoms with Gasteiger partial charge in [-0.1, -0.05) is 24.3 Å². The number of carbonyl (C=O) groups is 1. The number of carbonyl (C=O) groups excluding carboxylic acids is 1. The van der Waals surface area contributed by atoms with Crippen LogP contribution in [0.4, 0.5) is 0 Å². The predicted molar refractivity (Wildman–Crippen MR) is 70.2 cm³/mol. The molecule has 0 aliphatic carbocycles. The molecule has 0 aliphatic heterocycles. The molecule has 0 saturated heterocycles. The van der Waals surface area contributed by atoms with Gasteiger partial charge in [0.1, 0.15) is 0 Å². The topological polar surface area (TPSA) is 58.6 Å². The molecule has 0 heterocycles. The van der Waals surface area contributed by atoms with Gasteiger partial charge in [0.2, 0.25) is 5.91 Å². The molecule has 1 rings (SSSR count). The van der Waals surface area contributed by atoms with Gasteiger partial charge in [-0.2, -0.15) is 0 Å². The zero-order chi connectivity index (χ0) is 13.4. The van der Waals surface area contributed by atoms with E-state index in [0.29, 0.717) is 13.0 Å². The van der Waals surface area contributed by atoms with Crippen molar-refractivity contribution in [1.82, 2.24) is 5.32 Å². The molecule has 0 spiro atoms. The summed E-state index contributed by atoms with van der Waals surface area (Å²) in [6.45, 7) is 2.55. The molecule has 2 N–H and O–H groups in total. The van der Waals surface area contributed by atoms with E-state index in [1.54, 1.807) is 7.11 Å². The Morgan fingerprint density at radius 2 is 1.94 bits per heavy atom. The zero-order valence-corrected chi connectivity index (χ0v) is 11.0. The number of hydrogen-bond acceptors (Lipinski definition) is 3. The van der Waals surface area contributed by atoms with E-state index in [-0.39, 0.29) is 18.6 Å². The number of aliphatic hydroxyl groups is 1. The first kappa shape index (κ1) is 14.7. The van der Waals surface area contributed by atoms with Crippen LogP contribution in [0.15, 0.2) is 24.3 Å². The molecule has 4 nitrogen and oxygen atoms in total. The third-order valence-corrected chi connectivity index (χ3v) is 2.82. The van der Waals surface area contributed by atoms with Crippen molar-refractivity contribution in [1.29, 1.82) is 0 Å². The van der Waals surface area contributed by atoms with Crippen LogP contribution in [-0.4, -0.2) is 30.8 Å². The van der Waals surface area contributed by atoms with E-state index in [0.717, 1.165) is 17.5 Å². The monoisotopic (exact) mass is 251 g/mol. The van der Waals surface area contributed by atoms with E-state index >= 15 is 0 Å². The van der Waals surface area contributed by atoms with E-state index in [9.17, 15) is 4.79 Å². The average Bonchev–Trinajstić information content (AvgIpc) is 2.39. The number of amides is 1. The SMILES string of the molecule is COC(C)CC(=O)NCCc1ccc(CO)cc1. The molecule has 0 fully saturated rings. The number of rotatable bonds is 7. The van der Waals surface area contributed by atoms with Crippen LogP contribution in [0.2, 0.25) is 0 Å². The highest BCUT2D eigenvalue weighted by Gasteiger charge is 2.06. The first-order chi connectivity index (χ1) is 8.65. The fraction of sp³-hybridized carbons (Fsp3) is 0.500. The van der Waals surface area contributed by atoms with Crippen molar-refractivity contribution in [2.45, 2.75) is 32.5 Å². The Morgan fingerprint density at radius 1 is 1.33 bits per heavy atom. The van der Waals surface area contributed by atoms with Crippen LogP contribution in [0.5, 0.6) is 0 Å². The molecule has 0 radical (unpaired) electrons. The number of aliphatic hydroxyl groups excluding tert-OH is 1. The summed E-state index contributed by atoms with van der Waals surface area (Å²) in [6, 6.07) is 7.72. The van der Waals surface area contributed by atoms with Crippen LogP contribution in [0, 0.1) is 0 Å². The molecule has 1 aromatic carbocycles. The van der Waals surface area contributed by atoms with Crippen LogP contribution in [0.3, 0.4) is 0 Å². The Morgan fingerprint density at radius 3 is 2.50 bits per heavy atom. The number of nitrogens with one attached hydrogen (secondary N) is 1. The fourth-order valence-corrected chi connectivity index (χ4v) is 1.57. The Labute approximate surface area is 108 Å². The maximum Gasteiger partial charge on any atom is 0.222 e. The second kappa shape index (κ2) is 7.84. The molecule has 0 aliphatic rings. The van der Waals surface area contributed by atoms with Crippen molar-refractivity contribution >= 4 is 5.91 Å². The van der Waals surface area contributed by atoms with E-state index < -0.39 is 0 Å². The van der Waals surface area contributed by atoms with Gasteiger partial charge in [0.05, 0.1) is 19.1 Å². The highest BCUT2D eigenvalue weighted by molar-refractivity contribution is 5.76. The molecule has 1 atom stereocenters. The maximum absolute atomic E-state index is 11.5. The van der Waals surface area contributed by atoms with Crippen molar-refractivity contribution in [3.8, 4) is 0 Å². The average molecular weight is 251 g/mol. The smallest absolute Gasteiger partial charge is 0.222 e. The van der Waals surface area contributed by atoms with Crippen LogP contribution in [0.25, 0.3) is 0 Å². The molecule has 4 heteroatoms. The highest BCUT2D eigenvalue weighted by atomic mass is 16.5. The summed E-state index contributed by atoms with van der Waals surface area (Å²) in [4.78, 5) is 11.5. The van der Waals surface area contributed by atoms with Crippen LogP contribution >= 0.6 is 0 Å². The molecule has 1 aromatic rings. The number of hydrogen-bond donors (Lipinski definition) is 2. The van der Waals surface area contributed by atoms with Gasteiger partial charge in [-0.25, -0.2) is 0 Å². The zero-order valence-electron chi connectivity index (χ0n) is 11.0. The van der Waals surface area contributed by atoms with Gasteiger partial charge in [0.15, 0.2) is 0 Å². The van der Waals surface area contributed by atoms with Gasteiger partial charge in [-0.15, -0.1) is 0 Å². The van der Waals surface area contributed by atoms with Crippen LogP contribution < -0.4 is 5.32 Å². The van der Waals surface area contributed by atoms with Crippen molar-refractivity contribution in [3.05, 3.63) is 35.4 Å². The molecule has 1 amide bonds. The Bertz CT molecular complexity index is 362. The second-order valence-corrected chi connectivity index (χ2v) is 4.33. The molecule has 1 unspecified atom stereocenters. The first-order valence-electron chi connectivity index (χ1n) is 6.14. The molecule has 100 valence electrons. The van der Waals surface area contributed by atoms with Crippen LogP contribution in [-0.2, 0) is 22.6 Å². The van der Waals surface area contributed by atoms with Crippen LogP contribution in [0.1, 0.15) is 24.5 Å². The lowest BCUT2D eigenvalue weighted by atomic mass is 10.1. The molecular weight excluding hydrogens is 230 g/mol. The van der Waals surface area contributed by atoms with Gasteiger partial charge in [-0.3, -0.25) is 4.79 Å². The Kier molecular flexibility index (Phi) is 6.39. The third kappa shape index (κ3) is 5.29. The maximum atomic E-state index is 11.5. The normalized spacial score (nSPS) is 12.2. The van der Waals surface area contributed by atoms with Gasteiger partial charge < -0.3 is 15.2 Å². The molecular formula is C14H21NO3. The fourth-order valence-electron chi connectivity index (χ4n) is 1.57. The van der Waals surface area contributed by atoms with Gasteiger partial charge >= 0.3 is 0 Å². The summed E-state index contributed by atoms with van der Waals surface area (Å²) < 4.78 is 5.03. The minimum absolute atomic E-state index is 0.0105. The van der Waals surface area contributed by atoms with Gasteiger partial charge in [0, 0.05) is 13.7 Å².